The Morgan fingerprint density at radius 1 is 0.969 bits per heavy atom. The Hall–Kier alpha value is -1.78. The Morgan fingerprint density at radius 3 is 2.31 bits per heavy atom. The van der Waals surface area contributed by atoms with Crippen LogP contribution in [-0.2, 0) is 16.6 Å². The molecule has 1 aromatic heterocycles. The van der Waals surface area contributed by atoms with Crippen LogP contribution in [0.25, 0.3) is 11.3 Å². The molecule has 1 aliphatic rings. The molecule has 0 atom stereocenters. The lowest BCUT2D eigenvalue weighted by Crippen LogP contribution is -2.35. The summed E-state index contributed by atoms with van der Waals surface area (Å²) in [6.45, 7) is 1.93. The molecule has 0 saturated carbocycles. The molecule has 0 unspecified atom stereocenters. The lowest BCUT2D eigenvalue weighted by atomic mass is 10.2. The number of nitrogens with zero attached hydrogens (tertiary/aromatic N) is 3. The largest absolute Gasteiger partial charge is 0.396 e. The second kappa shape index (κ2) is 11.4. The summed E-state index contributed by atoms with van der Waals surface area (Å²) in [4.78, 5) is 5.94. The van der Waals surface area contributed by atoms with Gasteiger partial charge in [-0.25, -0.2) is 13.4 Å². The Morgan fingerprint density at radius 2 is 1.66 bits per heavy atom. The fraction of sp³-hybridized carbons (Fsp3) is 0.348. The first-order valence-corrected chi connectivity index (χ1v) is 12.9. The number of piperidine rings is 1. The van der Waals surface area contributed by atoms with Gasteiger partial charge in [-0.2, -0.15) is 4.31 Å². The molecule has 1 aliphatic heterocycles. The molecule has 2 heterocycles. The molecule has 1 N–H and O–H groups in total. The topological polar surface area (TPSA) is 74.9 Å². The van der Waals surface area contributed by atoms with Crippen LogP contribution >= 0.6 is 28.3 Å². The van der Waals surface area contributed by atoms with Crippen LogP contribution in [0.15, 0.2) is 69.9 Å². The molecule has 4 rings (SSSR count). The summed E-state index contributed by atoms with van der Waals surface area (Å²) in [5.41, 5.74) is 2.77. The van der Waals surface area contributed by atoms with E-state index in [2.05, 4.69) is 4.57 Å². The van der Waals surface area contributed by atoms with Crippen LogP contribution in [0.2, 0.25) is 0 Å². The zero-order valence-corrected chi connectivity index (χ0v) is 21.1. The molecule has 0 spiro atoms. The highest BCUT2D eigenvalue weighted by Gasteiger charge is 2.25. The second-order valence-corrected chi connectivity index (χ2v) is 10.3. The van der Waals surface area contributed by atoms with Gasteiger partial charge in [0.2, 0.25) is 10.0 Å². The van der Waals surface area contributed by atoms with Crippen molar-refractivity contribution < 1.29 is 13.5 Å². The predicted molar refractivity (Wildman–Crippen MR) is 134 cm³/mol. The molecule has 172 valence electrons. The maximum atomic E-state index is 12.9. The fourth-order valence-electron chi connectivity index (χ4n) is 3.76. The minimum Gasteiger partial charge on any atom is -0.396 e. The Balaban J connectivity index is 0.00000289. The average Bonchev–Trinajstić information content (AvgIpc) is 3.21. The van der Waals surface area contributed by atoms with E-state index in [1.807, 2.05) is 47.8 Å². The maximum absolute atomic E-state index is 12.9. The molecule has 6 nitrogen and oxygen atoms in total. The molecule has 1 saturated heterocycles. The number of aromatic nitrogens is 1. The van der Waals surface area contributed by atoms with Crippen molar-refractivity contribution in [1.82, 2.24) is 8.87 Å². The standard InChI is InChI=1S/C23H27N3O3S2.BrH/c27-17-7-16-26-22(18-30-23(26)24-20-8-3-1-4-9-20)19-10-12-21(13-11-19)31(28,29)25-14-5-2-6-15-25;/h1,3-4,8-13,18,27H,2,5-7,14-17H2;1H. The number of benzene rings is 2. The highest BCUT2D eigenvalue weighted by atomic mass is 79.9. The molecule has 1 fully saturated rings. The fourth-order valence-corrected chi connectivity index (χ4v) is 6.23. The Bertz CT molecular complexity index is 1170. The third kappa shape index (κ3) is 5.58. The average molecular weight is 539 g/mol. The van der Waals surface area contributed by atoms with Crippen molar-refractivity contribution in [2.24, 2.45) is 4.99 Å². The number of hydrogen-bond acceptors (Lipinski definition) is 5. The van der Waals surface area contributed by atoms with Gasteiger partial charge in [-0.1, -0.05) is 36.8 Å². The number of aliphatic hydroxyl groups excluding tert-OH is 1. The van der Waals surface area contributed by atoms with Crippen LogP contribution in [0.3, 0.4) is 0 Å². The molecule has 0 bridgehead atoms. The molecule has 2 aromatic carbocycles. The van der Waals surface area contributed by atoms with E-state index >= 15 is 0 Å². The van der Waals surface area contributed by atoms with E-state index in [4.69, 9.17) is 4.99 Å². The number of halogens is 1. The zero-order valence-electron chi connectivity index (χ0n) is 17.8. The van der Waals surface area contributed by atoms with Crippen LogP contribution in [0.5, 0.6) is 0 Å². The van der Waals surface area contributed by atoms with Gasteiger partial charge < -0.3 is 9.67 Å². The van der Waals surface area contributed by atoms with E-state index in [-0.39, 0.29) is 23.6 Å². The molecule has 32 heavy (non-hydrogen) atoms. The quantitative estimate of drug-likeness (QED) is 0.479. The number of para-hydroxylation sites is 1. The van der Waals surface area contributed by atoms with E-state index in [1.54, 1.807) is 16.4 Å². The van der Waals surface area contributed by atoms with Crippen LogP contribution in [0.4, 0.5) is 5.69 Å². The van der Waals surface area contributed by atoms with Crippen molar-refractivity contribution in [3.63, 3.8) is 0 Å². The van der Waals surface area contributed by atoms with Crippen molar-refractivity contribution in [2.45, 2.75) is 37.1 Å². The normalized spacial score (nSPS) is 15.5. The number of aliphatic hydroxyl groups is 1. The summed E-state index contributed by atoms with van der Waals surface area (Å²) in [6.07, 6.45) is 3.55. The SMILES string of the molecule is Br.O=S(=O)(c1ccc(-c2csc(=Nc3ccccc3)n2CCCO)cc1)N1CCCCC1. The number of thiazole rings is 1. The van der Waals surface area contributed by atoms with Gasteiger partial charge in [0, 0.05) is 31.6 Å². The minimum atomic E-state index is -3.44. The van der Waals surface area contributed by atoms with Gasteiger partial charge in [-0.05, 0) is 49.1 Å². The molecule has 0 amide bonds. The summed E-state index contributed by atoms with van der Waals surface area (Å²) in [5.74, 6) is 0. The first-order valence-electron chi connectivity index (χ1n) is 10.6. The molecule has 3 aromatic rings. The van der Waals surface area contributed by atoms with E-state index in [0.29, 0.717) is 31.0 Å². The third-order valence-electron chi connectivity index (χ3n) is 5.42. The van der Waals surface area contributed by atoms with Gasteiger partial charge in [-0.15, -0.1) is 28.3 Å². The molecule has 0 radical (unpaired) electrons. The van der Waals surface area contributed by atoms with Gasteiger partial charge in [0.1, 0.15) is 0 Å². The second-order valence-electron chi connectivity index (χ2n) is 7.57. The minimum absolute atomic E-state index is 0. The summed E-state index contributed by atoms with van der Waals surface area (Å²) >= 11 is 1.54. The molecule has 0 aliphatic carbocycles. The third-order valence-corrected chi connectivity index (χ3v) is 8.20. The van der Waals surface area contributed by atoms with Crippen LogP contribution < -0.4 is 4.80 Å². The molecular weight excluding hydrogens is 510 g/mol. The van der Waals surface area contributed by atoms with Crippen LogP contribution in [-0.4, -0.2) is 42.1 Å². The number of sulfonamides is 1. The van der Waals surface area contributed by atoms with Crippen LogP contribution in [0, 0.1) is 0 Å². The first kappa shape index (κ1) is 24.9. The van der Waals surface area contributed by atoms with Crippen molar-refractivity contribution in [3.8, 4) is 11.3 Å². The maximum Gasteiger partial charge on any atom is 0.243 e. The van der Waals surface area contributed by atoms with Gasteiger partial charge in [0.25, 0.3) is 0 Å². The molecule has 9 heteroatoms. The van der Waals surface area contributed by atoms with Gasteiger partial charge in [0.05, 0.1) is 16.3 Å². The van der Waals surface area contributed by atoms with Crippen LogP contribution in [0.1, 0.15) is 25.7 Å². The highest BCUT2D eigenvalue weighted by molar-refractivity contribution is 8.93. The van der Waals surface area contributed by atoms with E-state index < -0.39 is 10.0 Å². The lowest BCUT2D eigenvalue weighted by molar-refractivity contribution is 0.279. The number of rotatable bonds is 7. The summed E-state index contributed by atoms with van der Waals surface area (Å²) in [6, 6.07) is 16.9. The molecular formula is C23H28BrN3O3S2. The highest BCUT2D eigenvalue weighted by Crippen LogP contribution is 2.25. The lowest BCUT2D eigenvalue weighted by Gasteiger charge is -2.25. The zero-order chi connectivity index (χ0) is 21.7. The Labute approximate surface area is 203 Å². The van der Waals surface area contributed by atoms with Crippen molar-refractivity contribution in [2.75, 3.05) is 19.7 Å². The summed E-state index contributed by atoms with van der Waals surface area (Å²) in [5, 5.41) is 11.4. The van der Waals surface area contributed by atoms with Gasteiger partial charge in [0.15, 0.2) is 4.80 Å². The van der Waals surface area contributed by atoms with Gasteiger partial charge in [-0.3, -0.25) is 0 Å². The van der Waals surface area contributed by atoms with Crippen molar-refractivity contribution >= 4 is 44.0 Å². The predicted octanol–water partition coefficient (Wildman–Crippen LogP) is 4.58. The van der Waals surface area contributed by atoms with Gasteiger partial charge >= 0.3 is 0 Å². The van der Waals surface area contributed by atoms with E-state index in [1.165, 1.54) is 11.3 Å². The van der Waals surface area contributed by atoms with E-state index in [0.717, 1.165) is 41.0 Å². The summed E-state index contributed by atoms with van der Waals surface area (Å²) < 4.78 is 29.5. The summed E-state index contributed by atoms with van der Waals surface area (Å²) in [7, 11) is -3.44. The first-order chi connectivity index (χ1) is 15.1. The monoisotopic (exact) mass is 537 g/mol. The smallest absolute Gasteiger partial charge is 0.243 e. The number of hydrogen-bond donors (Lipinski definition) is 1. The van der Waals surface area contributed by atoms with E-state index in [9.17, 15) is 13.5 Å². The van der Waals surface area contributed by atoms with Crippen molar-refractivity contribution in [3.05, 3.63) is 64.8 Å². The Kier molecular flexibility index (Phi) is 8.84. The van der Waals surface area contributed by atoms with Crippen molar-refractivity contribution in [1.29, 1.82) is 0 Å².